The largest absolute Gasteiger partial charge is 0.436 e. The smallest absolute Gasteiger partial charge is 0.227 e. The summed E-state index contributed by atoms with van der Waals surface area (Å²) < 4.78 is 5.58. The maximum Gasteiger partial charge on any atom is 0.227 e. The summed E-state index contributed by atoms with van der Waals surface area (Å²) in [7, 11) is 0. The lowest BCUT2D eigenvalue weighted by atomic mass is 10.3. The minimum atomic E-state index is 0.606. The third kappa shape index (κ3) is 1.38. The molecule has 15 heavy (non-hydrogen) atoms. The van der Waals surface area contributed by atoms with Gasteiger partial charge in [-0.15, -0.1) is 0 Å². The van der Waals surface area contributed by atoms with Crippen molar-refractivity contribution < 1.29 is 4.42 Å². The van der Waals surface area contributed by atoms with Crippen LogP contribution in [-0.4, -0.2) is 9.97 Å². The van der Waals surface area contributed by atoms with Crippen molar-refractivity contribution in [1.82, 2.24) is 9.97 Å². The lowest BCUT2D eigenvalue weighted by molar-refractivity contribution is 0.619. The molecule has 0 saturated heterocycles. The fourth-order valence-corrected chi connectivity index (χ4v) is 1.43. The zero-order chi connectivity index (χ0) is 10.1. The van der Waals surface area contributed by atoms with Crippen LogP contribution in [0.25, 0.3) is 22.6 Å². The quantitative estimate of drug-likeness (QED) is 0.599. The van der Waals surface area contributed by atoms with E-state index in [1.54, 1.807) is 12.4 Å². The van der Waals surface area contributed by atoms with E-state index in [2.05, 4.69) is 16.0 Å². The summed E-state index contributed by atoms with van der Waals surface area (Å²) in [5.74, 6) is 0.606. The predicted molar refractivity (Wildman–Crippen MR) is 56.1 cm³/mol. The van der Waals surface area contributed by atoms with Gasteiger partial charge in [0, 0.05) is 24.0 Å². The molecule has 0 N–H and O–H groups in total. The molecule has 1 radical (unpaired) electrons. The van der Waals surface area contributed by atoms with Crippen molar-refractivity contribution in [2.45, 2.75) is 0 Å². The molecule has 3 nitrogen and oxygen atoms in total. The van der Waals surface area contributed by atoms with Crippen molar-refractivity contribution in [2.75, 3.05) is 0 Å². The first kappa shape index (κ1) is 8.17. The van der Waals surface area contributed by atoms with Crippen LogP contribution in [0.3, 0.4) is 0 Å². The second-order valence-corrected chi connectivity index (χ2v) is 3.14. The lowest BCUT2D eigenvalue weighted by Crippen LogP contribution is -1.76. The van der Waals surface area contributed by atoms with E-state index in [0.717, 1.165) is 16.7 Å². The van der Waals surface area contributed by atoms with Crippen LogP contribution in [-0.2, 0) is 0 Å². The molecule has 0 aliphatic carbocycles. The molecule has 0 aliphatic rings. The Bertz CT molecular complexity index is 554. The molecule has 1 aromatic carbocycles. The normalized spacial score (nSPS) is 10.7. The highest BCUT2D eigenvalue weighted by Gasteiger charge is 2.06. The van der Waals surface area contributed by atoms with Gasteiger partial charge in [-0.1, -0.05) is 12.1 Å². The fourth-order valence-electron chi connectivity index (χ4n) is 1.43. The zero-order valence-corrected chi connectivity index (χ0v) is 7.84. The highest BCUT2D eigenvalue weighted by Crippen LogP contribution is 2.22. The minimum Gasteiger partial charge on any atom is -0.436 e. The van der Waals surface area contributed by atoms with E-state index in [9.17, 15) is 0 Å². The molecule has 0 amide bonds. The van der Waals surface area contributed by atoms with E-state index < -0.39 is 0 Å². The van der Waals surface area contributed by atoms with Crippen molar-refractivity contribution in [1.29, 1.82) is 0 Å². The van der Waals surface area contributed by atoms with Crippen molar-refractivity contribution in [3.8, 4) is 11.5 Å². The van der Waals surface area contributed by atoms with E-state index >= 15 is 0 Å². The molecule has 0 atom stereocenters. The Hall–Kier alpha value is -2.16. The minimum absolute atomic E-state index is 0.606. The van der Waals surface area contributed by atoms with Crippen LogP contribution in [0, 0.1) is 6.07 Å². The molecule has 0 fully saturated rings. The Labute approximate surface area is 86.4 Å². The van der Waals surface area contributed by atoms with Crippen LogP contribution in [0.15, 0.2) is 47.1 Å². The van der Waals surface area contributed by atoms with E-state index in [1.165, 1.54) is 0 Å². The number of fused-ring (bicyclic) bond motifs is 1. The van der Waals surface area contributed by atoms with E-state index in [-0.39, 0.29) is 0 Å². The number of rotatable bonds is 1. The number of pyridine rings is 1. The number of benzene rings is 1. The fraction of sp³-hybridized carbons (Fsp3) is 0. The second-order valence-electron chi connectivity index (χ2n) is 3.14. The molecule has 0 aliphatic heterocycles. The Balaban J connectivity index is 2.21. The van der Waals surface area contributed by atoms with E-state index in [4.69, 9.17) is 4.42 Å². The molecule has 3 heteroatoms. The van der Waals surface area contributed by atoms with Crippen molar-refractivity contribution in [3.05, 3.63) is 48.8 Å². The number of aromatic nitrogens is 2. The summed E-state index contributed by atoms with van der Waals surface area (Å²) in [6.07, 6.45) is 3.43. The van der Waals surface area contributed by atoms with Gasteiger partial charge in [-0.25, -0.2) is 4.98 Å². The predicted octanol–water partition coefficient (Wildman–Crippen LogP) is 2.69. The van der Waals surface area contributed by atoms with Crippen molar-refractivity contribution in [2.24, 2.45) is 0 Å². The summed E-state index contributed by atoms with van der Waals surface area (Å²) in [5.41, 5.74) is 2.43. The first-order valence-electron chi connectivity index (χ1n) is 4.61. The van der Waals surface area contributed by atoms with Gasteiger partial charge < -0.3 is 4.42 Å². The monoisotopic (exact) mass is 195 g/mol. The summed E-state index contributed by atoms with van der Waals surface area (Å²) in [6, 6.07) is 12.3. The Morgan fingerprint density at radius 1 is 1.13 bits per heavy atom. The molecule has 71 valence electrons. The number of oxazole rings is 1. The third-order valence-corrected chi connectivity index (χ3v) is 2.14. The second kappa shape index (κ2) is 3.20. The van der Waals surface area contributed by atoms with Crippen LogP contribution in [0.2, 0.25) is 0 Å². The van der Waals surface area contributed by atoms with Crippen LogP contribution < -0.4 is 0 Å². The van der Waals surface area contributed by atoms with E-state index in [1.807, 2.05) is 30.3 Å². The number of para-hydroxylation sites is 1. The van der Waals surface area contributed by atoms with E-state index in [0.29, 0.717) is 5.89 Å². The molecule has 0 spiro atoms. The van der Waals surface area contributed by atoms with Crippen LogP contribution >= 0.6 is 0 Å². The Morgan fingerprint density at radius 2 is 2.00 bits per heavy atom. The number of hydrogen-bond donors (Lipinski definition) is 0. The molecule has 2 heterocycles. The molecule has 0 bridgehead atoms. The molecule has 2 aromatic heterocycles. The van der Waals surface area contributed by atoms with Crippen molar-refractivity contribution in [3.63, 3.8) is 0 Å². The van der Waals surface area contributed by atoms with Crippen LogP contribution in [0.1, 0.15) is 0 Å². The van der Waals surface area contributed by atoms with Gasteiger partial charge in [-0.05, 0) is 18.2 Å². The summed E-state index contributed by atoms with van der Waals surface area (Å²) in [4.78, 5) is 8.28. The van der Waals surface area contributed by atoms with Gasteiger partial charge in [-0.3, -0.25) is 4.98 Å². The summed E-state index contributed by atoms with van der Waals surface area (Å²) in [5, 5.41) is 0. The standard InChI is InChI=1S/C12H7N2O/c1-2-4-11-10(3-1)14-12(15-11)9-5-7-13-8-6-9/h1-2,4-8H. The molecule has 0 saturated carbocycles. The molecular formula is C12H7N2O. The molecule has 3 rings (SSSR count). The van der Waals surface area contributed by atoms with Gasteiger partial charge >= 0.3 is 0 Å². The average molecular weight is 195 g/mol. The van der Waals surface area contributed by atoms with Gasteiger partial charge in [0.25, 0.3) is 0 Å². The first-order chi connectivity index (χ1) is 7.43. The van der Waals surface area contributed by atoms with Crippen LogP contribution in [0.5, 0.6) is 0 Å². The van der Waals surface area contributed by atoms with Gasteiger partial charge in [0.15, 0.2) is 5.58 Å². The molecular weight excluding hydrogens is 188 g/mol. The molecule has 3 aromatic rings. The SMILES string of the molecule is [c]1cccc2oc(-c3ccncc3)nc12. The van der Waals surface area contributed by atoms with Gasteiger partial charge in [0.05, 0.1) is 0 Å². The van der Waals surface area contributed by atoms with Gasteiger partial charge in [0.2, 0.25) is 5.89 Å². The molecule has 0 unspecified atom stereocenters. The van der Waals surface area contributed by atoms with Crippen molar-refractivity contribution >= 4 is 11.1 Å². The van der Waals surface area contributed by atoms with Crippen LogP contribution in [0.4, 0.5) is 0 Å². The topological polar surface area (TPSA) is 38.9 Å². The third-order valence-electron chi connectivity index (χ3n) is 2.14. The summed E-state index contributed by atoms with van der Waals surface area (Å²) in [6.45, 7) is 0. The van der Waals surface area contributed by atoms with Gasteiger partial charge in [-0.2, -0.15) is 0 Å². The Kier molecular flexibility index (Phi) is 1.75. The first-order valence-corrected chi connectivity index (χ1v) is 4.61. The summed E-state index contributed by atoms with van der Waals surface area (Å²) >= 11 is 0. The highest BCUT2D eigenvalue weighted by atomic mass is 16.3. The maximum absolute atomic E-state index is 5.58. The zero-order valence-electron chi connectivity index (χ0n) is 7.84. The highest BCUT2D eigenvalue weighted by molar-refractivity contribution is 5.75. The maximum atomic E-state index is 5.58. The lowest BCUT2D eigenvalue weighted by Gasteiger charge is -1.91. The number of hydrogen-bond acceptors (Lipinski definition) is 3. The van der Waals surface area contributed by atoms with Gasteiger partial charge in [0.1, 0.15) is 5.52 Å². The average Bonchev–Trinajstić information content (AvgIpc) is 2.74. The Morgan fingerprint density at radius 3 is 2.80 bits per heavy atom. The number of nitrogens with zero attached hydrogens (tertiary/aromatic N) is 2.